The van der Waals surface area contributed by atoms with Crippen LogP contribution >= 0.6 is 22.9 Å². The lowest BCUT2D eigenvalue weighted by atomic mass is 10.1. The first-order chi connectivity index (χ1) is 10.2. The van der Waals surface area contributed by atoms with Crippen molar-refractivity contribution >= 4 is 33.9 Å². The minimum absolute atomic E-state index is 0.159. The van der Waals surface area contributed by atoms with Gasteiger partial charge in [0.25, 0.3) is 0 Å². The molecule has 3 aromatic rings. The Morgan fingerprint density at radius 3 is 2.43 bits per heavy atom. The van der Waals surface area contributed by atoms with E-state index >= 15 is 0 Å². The van der Waals surface area contributed by atoms with E-state index in [0.717, 1.165) is 5.56 Å². The number of anilines is 1. The van der Waals surface area contributed by atoms with Gasteiger partial charge >= 0.3 is 0 Å². The fraction of sp³-hybridized carbons (Fsp3) is 0. The maximum Gasteiger partial charge on any atom is 0.206 e. The minimum Gasteiger partial charge on any atom is -0.375 e. The molecule has 104 valence electrons. The Kier molecular flexibility index (Phi) is 3.73. The van der Waals surface area contributed by atoms with Crippen molar-refractivity contribution < 1.29 is 4.79 Å². The molecule has 1 aromatic heterocycles. The molecular weight excluding hydrogens is 304 g/mol. The van der Waals surface area contributed by atoms with Crippen LogP contribution in [-0.4, -0.2) is 10.8 Å². The minimum atomic E-state index is -0.159. The summed E-state index contributed by atoms with van der Waals surface area (Å²) in [5, 5.41) is 0.790. The highest BCUT2D eigenvalue weighted by Crippen LogP contribution is 2.32. The van der Waals surface area contributed by atoms with Gasteiger partial charge in [-0.15, -0.1) is 0 Å². The normalized spacial score (nSPS) is 10.5. The fourth-order valence-corrected chi connectivity index (χ4v) is 3.08. The second kappa shape index (κ2) is 5.68. The number of halogens is 1. The Bertz CT molecular complexity index is 799. The molecule has 0 saturated carbocycles. The number of rotatable bonds is 3. The van der Waals surface area contributed by atoms with Crippen LogP contribution in [0.1, 0.15) is 15.2 Å². The Labute approximate surface area is 131 Å². The van der Waals surface area contributed by atoms with Crippen molar-refractivity contribution in [2.75, 3.05) is 5.73 Å². The van der Waals surface area contributed by atoms with Gasteiger partial charge in [0.2, 0.25) is 5.78 Å². The van der Waals surface area contributed by atoms with Gasteiger partial charge in [0, 0.05) is 11.1 Å². The largest absolute Gasteiger partial charge is 0.375 e. The standard InChI is InChI=1S/C16H11ClN2OS/c17-12-9-5-4-8-11(12)14(20)15-13(19-16(18)21-15)10-6-2-1-3-7-10/h1-9H,(H2,18,19). The summed E-state index contributed by atoms with van der Waals surface area (Å²) in [5.74, 6) is -0.159. The highest BCUT2D eigenvalue weighted by Gasteiger charge is 2.21. The predicted molar refractivity (Wildman–Crippen MR) is 86.8 cm³/mol. The molecule has 0 spiro atoms. The Morgan fingerprint density at radius 2 is 1.71 bits per heavy atom. The quantitative estimate of drug-likeness (QED) is 0.734. The van der Waals surface area contributed by atoms with E-state index in [1.54, 1.807) is 24.3 Å². The molecular formula is C16H11ClN2OS. The Morgan fingerprint density at radius 1 is 1.05 bits per heavy atom. The zero-order valence-corrected chi connectivity index (χ0v) is 12.5. The van der Waals surface area contributed by atoms with Crippen molar-refractivity contribution in [1.29, 1.82) is 0 Å². The topological polar surface area (TPSA) is 56.0 Å². The number of nitrogen functional groups attached to an aromatic ring is 1. The first-order valence-electron chi connectivity index (χ1n) is 6.28. The highest BCUT2D eigenvalue weighted by molar-refractivity contribution is 7.18. The number of hydrogen-bond donors (Lipinski definition) is 1. The first-order valence-corrected chi connectivity index (χ1v) is 7.47. The lowest BCUT2D eigenvalue weighted by Gasteiger charge is -2.03. The fourth-order valence-electron chi connectivity index (χ4n) is 2.05. The number of carbonyl (C=O) groups excluding carboxylic acids is 1. The average Bonchev–Trinajstić information content (AvgIpc) is 2.90. The second-order valence-electron chi connectivity index (χ2n) is 4.40. The van der Waals surface area contributed by atoms with Crippen LogP contribution in [0.25, 0.3) is 11.3 Å². The lowest BCUT2D eigenvalue weighted by Crippen LogP contribution is -2.01. The summed E-state index contributed by atoms with van der Waals surface area (Å²) in [4.78, 5) is 17.5. The van der Waals surface area contributed by atoms with Gasteiger partial charge in [-0.3, -0.25) is 4.79 Å². The number of aromatic nitrogens is 1. The van der Waals surface area contributed by atoms with Crippen LogP contribution in [0.15, 0.2) is 54.6 Å². The molecule has 2 N–H and O–H groups in total. The number of ketones is 1. The van der Waals surface area contributed by atoms with E-state index in [-0.39, 0.29) is 5.78 Å². The van der Waals surface area contributed by atoms with Gasteiger partial charge in [0.1, 0.15) is 4.88 Å². The molecule has 0 fully saturated rings. The SMILES string of the molecule is Nc1nc(-c2ccccc2)c(C(=O)c2ccccc2Cl)s1. The maximum atomic E-state index is 12.7. The van der Waals surface area contributed by atoms with Crippen molar-refractivity contribution in [3.05, 3.63) is 70.1 Å². The van der Waals surface area contributed by atoms with Crippen molar-refractivity contribution in [2.24, 2.45) is 0 Å². The monoisotopic (exact) mass is 314 g/mol. The molecule has 3 rings (SSSR count). The van der Waals surface area contributed by atoms with Crippen molar-refractivity contribution in [2.45, 2.75) is 0 Å². The van der Waals surface area contributed by atoms with Gasteiger partial charge in [-0.2, -0.15) is 0 Å². The smallest absolute Gasteiger partial charge is 0.206 e. The third-order valence-electron chi connectivity index (χ3n) is 3.02. The summed E-state index contributed by atoms with van der Waals surface area (Å²) >= 11 is 7.29. The van der Waals surface area contributed by atoms with Crippen molar-refractivity contribution in [3.63, 3.8) is 0 Å². The number of thiazole rings is 1. The van der Waals surface area contributed by atoms with Gasteiger partial charge in [0.05, 0.1) is 10.7 Å². The zero-order valence-electron chi connectivity index (χ0n) is 10.9. The van der Waals surface area contributed by atoms with Crippen molar-refractivity contribution in [3.8, 4) is 11.3 Å². The Hall–Kier alpha value is -2.17. The summed E-state index contributed by atoms with van der Waals surface area (Å²) in [6.45, 7) is 0. The summed E-state index contributed by atoms with van der Waals surface area (Å²) < 4.78 is 0. The molecule has 5 heteroatoms. The van der Waals surface area contributed by atoms with Gasteiger partial charge in [-0.1, -0.05) is 65.4 Å². The van der Waals surface area contributed by atoms with Crippen molar-refractivity contribution in [1.82, 2.24) is 4.98 Å². The van der Waals surface area contributed by atoms with Gasteiger partial charge in [-0.05, 0) is 12.1 Å². The van der Waals surface area contributed by atoms with E-state index in [0.29, 0.717) is 26.3 Å². The average molecular weight is 315 g/mol. The third kappa shape index (κ3) is 2.68. The van der Waals surface area contributed by atoms with Crippen LogP contribution in [-0.2, 0) is 0 Å². The molecule has 0 bridgehead atoms. The Balaban J connectivity index is 2.12. The molecule has 0 atom stereocenters. The van der Waals surface area contributed by atoms with E-state index in [4.69, 9.17) is 17.3 Å². The van der Waals surface area contributed by atoms with E-state index in [1.807, 2.05) is 30.3 Å². The molecule has 0 aliphatic carbocycles. The van der Waals surface area contributed by atoms with E-state index < -0.39 is 0 Å². The van der Waals surface area contributed by atoms with Crippen LogP contribution in [0, 0.1) is 0 Å². The van der Waals surface area contributed by atoms with E-state index in [9.17, 15) is 4.79 Å². The second-order valence-corrected chi connectivity index (χ2v) is 5.84. The molecule has 0 aliphatic rings. The molecule has 21 heavy (non-hydrogen) atoms. The molecule has 0 unspecified atom stereocenters. The summed E-state index contributed by atoms with van der Waals surface area (Å²) in [5.41, 5.74) is 7.71. The summed E-state index contributed by atoms with van der Waals surface area (Å²) in [6, 6.07) is 16.5. The zero-order chi connectivity index (χ0) is 14.8. The molecule has 0 amide bonds. The molecule has 0 aliphatic heterocycles. The molecule has 3 nitrogen and oxygen atoms in total. The maximum absolute atomic E-state index is 12.7. The van der Waals surface area contributed by atoms with Gasteiger partial charge in [-0.25, -0.2) is 4.98 Å². The number of benzene rings is 2. The number of nitrogens with zero attached hydrogens (tertiary/aromatic N) is 1. The first kappa shape index (κ1) is 13.8. The summed E-state index contributed by atoms with van der Waals surface area (Å²) in [6.07, 6.45) is 0. The van der Waals surface area contributed by atoms with Gasteiger partial charge < -0.3 is 5.73 Å². The number of carbonyl (C=O) groups is 1. The molecule has 0 radical (unpaired) electrons. The molecule has 1 heterocycles. The van der Waals surface area contributed by atoms with Gasteiger partial charge in [0.15, 0.2) is 5.13 Å². The van der Waals surface area contributed by atoms with Crippen LogP contribution in [0.2, 0.25) is 5.02 Å². The molecule has 2 aromatic carbocycles. The number of nitrogens with two attached hydrogens (primary N) is 1. The predicted octanol–water partition coefficient (Wildman–Crippen LogP) is 4.28. The van der Waals surface area contributed by atoms with Crippen LogP contribution in [0.3, 0.4) is 0 Å². The van der Waals surface area contributed by atoms with E-state index in [1.165, 1.54) is 11.3 Å². The number of hydrogen-bond acceptors (Lipinski definition) is 4. The lowest BCUT2D eigenvalue weighted by molar-refractivity contribution is 0.104. The molecule has 0 saturated heterocycles. The van der Waals surface area contributed by atoms with Crippen LogP contribution in [0.5, 0.6) is 0 Å². The summed E-state index contributed by atoms with van der Waals surface area (Å²) in [7, 11) is 0. The highest BCUT2D eigenvalue weighted by atomic mass is 35.5. The van der Waals surface area contributed by atoms with Crippen LogP contribution < -0.4 is 5.73 Å². The van der Waals surface area contributed by atoms with Crippen LogP contribution in [0.4, 0.5) is 5.13 Å². The third-order valence-corrected chi connectivity index (χ3v) is 4.23. The van der Waals surface area contributed by atoms with E-state index in [2.05, 4.69) is 4.98 Å².